The molecule has 3 amide bonds. The van der Waals surface area contributed by atoms with Crippen LogP contribution in [0.25, 0.3) is 0 Å². The lowest BCUT2D eigenvalue weighted by Crippen LogP contribution is -2.49. The molecule has 0 saturated carbocycles. The van der Waals surface area contributed by atoms with E-state index < -0.39 is 5.97 Å². The summed E-state index contributed by atoms with van der Waals surface area (Å²) < 4.78 is 0. The molecule has 1 aliphatic heterocycles. The number of piperidine rings is 1. The van der Waals surface area contributed by atoms with E-state index in [9.17, 15) is 14.4 Å². The minimum Gasteiger partial charge on any atom is -0.480 e. The third-order valence-electron chi connectivity index (χ3n) is 2.86. The van der Waals surface area contributed by atoms with Crippen molar-refractivity contribution >= 4 is 17.9 Å². The van der Waals surface area contributed by atoms with Crippen LogP contribution in [0.5, 0.6) is 0 Å². The summed E-state index contributed by atoms with van der Waals surface area (Å²) in [6.45, 7) is 0.610. The van der Waals surface area contributed by atoms with Crippen LogP contribution in [0, 0.1) is 5.92 Å². The van der Waals surface area contributed by atoms with E-state index >= 15 is 0 Å². The summed E-state index contributed by atoms with van der Waals surface area (Å²) in [6, 6.07) is -0.120. The molecule has 18 heavy (non-hydrogen) atoms. The second kappa shape index (κ2) is 6.23. The maximum atomic E-state index is 11.8. The Morgan fingerprint density at radius 2 is 2.06 bits per heavy atom. The summed E-state index contributed by atoms with van der Waals surface area (Å²) in [5, 5.41) is 10.8. The summed E-state index contributed by atoms with van der Waals surface area (Å²) in [5.74, 6) is -1.68. The zero-order valence-corrected chi connectivity index (χ0v) is 10.7. The lowest BCUT2D eigenvalue weighted by atomic mass is 9.97. The fraction of sp³-hybridized carbons (Fsp3) is 0.727. The highest BCUT2D eigenvalue weighted by Gasteiger charge is 2.29. The van der Waals surface area contributed by atoms with Crippen LogP contribution >= 0.6 is 0 Å². The Bertz CT molecular complexity index is 343. The van der Waals surface area contributed by atoms with Crippen LogP contribution in [0.4, 0.5) is 4.79 Å². The first kappa shape index (κ1) is 14.3. The number of carbonyl (C=O) groups is 3. The number of likely N-dealkylation sites (tertiary alicyclic amines) is 1. The van der Waals surface area contributed by atoms with E-state index in [1.54, 1.807) is 19.0 Å². The predicted molar refractivity (Wildman–Crippen MR) is 64.0 cm³/mol. The van der Waals surface area contributed by atoms with Crippen LogP contribution in [0.15, 0.2) is 0 Å². The standard InChI is InChI=1S/C11H19N3O4/c1-13(2)11(18)14-5-3-4-8(7-14)10(17)12-6-9(15)16/h8H,3-7H2,1-2H3,(H,12,17)(H,15,16). The molecule has 2 N–H and O–H groups in total. The Morgan fingerprint density at radius 3 is 2.61 bits per heavy atom. The number of rotatable bonds is 3. The number of carboxylic acid groups (broad SMARTS) is 1. The van der Waals surface area contributed by atoms with Crippen LogP contribution in [-0.4, -0.2) is 66.5 Å². The minimum atomic E-state index is -1.07. The molecule has 0 aromatic carbocycles. The van der Waals surface area contributed by atoms with Crippen molar-refractivity contribution in [1.29, 1.82) is 0 Å². The maximum absolute atomic E-state index is 11.8. The zero-order valence-electron chi connectivity index (χ0n) is 10.7. The van der Waals surface area contributed by atoms with E-state index in [2.05, 4.69) is 5.32 Å². The summed E-state index contributed by atoms with van der Waals surface area (Å²) in [6.07, 6.45) is 1.44. The third kappa shape index (κ3) is 3.90. The topological polar surface area (TPSA) is 90.0 Å². The highest BCUT2D eigenvalue weighted by atomic mass is 16.4. The number of urea groups is 1. The molecule has 1 atom stereocenters. The highest BCUT2D eigenvalue weighted by molar-refractivity contribution is 5.84. The molecule has 1 aliphatic rings. The molecule has 7 nitrogen and oxygen atoms in total. The van der Waals surface area contributed by atoms with Crippen LogP contribution in [0.3, 0.4) is 0 Å². The fourth-order valence-corrected chi connectivity index (χ4v) is 1.95. The number of nitrogens with one attached hydrogen (secondary N) is 1. The van der Waals surface area contributed by atoms with E-state index in [1.807, 2.05) is 0 Å². The van der Waals surface area contributed by atoms with E-state index in [4.69, 9.17) is 5.11 Å². The quantitative estimate of drug-likeness (QED) is 0.718. The monoisotopic (exact) mass is 257 g/mol. The van der Waals surface area contributed by atoms with Crippen molar-refractivity contribution in [3.8, 4) is 0 Å². The third-order valence-corrected chi connectivity index (χ3v) is 2.86. The maximum Gasteiger partial charge on any atom is 0.322 e. The summed E-state index contributed by atoms with van der Waals surface area (Å²) >= 11 is 0. The number of hydrogen-bond acceptors (Lipinski definition) is 3. The number of carbonyl (C=O) groups excluding carboxylic acids is 2. The van der Waals surface area contributed by atoms with Gasteiger partial charge in [0.1, 0.15) is 6.54 Å². The molecule has 1 heterocycles. The van der Waals surface area contributed by atoms with Gasteiger partial charge in [-0.25, -0.2) is 4.79 Å². The Labute approximate surface area is 106 Å². The van der Waals surface area contributed by atoms with Crippen molar-refractivity contribution in [3.63, 3.8) is 0 Å². The van der Waals surface area contributed by atoms with Gasteiger partial charge in [0.2, 0.25) is 5.91 Å². The molecule has 0 aromatic rings. The second-order valence-electron chi connectivity index (χ2n) is 4.57. The first-order valence-electron chi connectivity index (χ1n) is 5.87. The highest BCUT2D eigenvalue weighted by Crippen LogP contribution is 2.17. The van der Waals surface area contributed by atoms with E-state index in [0.717, 1.165) is 6.42 Å². The minimum absolute atomic E-state index is 0.120. The Balaban J connectivity index is 2.50. The number of hydrogen-bond donors (Lipinski definition) is 2. The predicted octanol–water partition coefficient (Wildman–Crippen LogP) is -0.419. The number of nitrogens with zero attached hydrogens (tertiary/aromatic N) is 2. The van der Waals surface area contributed by atoms with Gasteiger partial charge in [-0.2, -0.15) is 0 Å². The lowest BCUT2D eigenvalue weighted by Gasteiger charge is -2.33. The molecule has 0 aromatic heterocycles. The molecule has 1 unspecified atom stereocenters. The Hall–Kier alpha value is -1.79. The van der Waals surface area contributed by atoms with Crippen molar-refractivity contribution < 1.29 is 19.5 Å². The van der Waals surface area contributed by atoms with Crippen molar-refractivity contribution in [2.24, 2.45) is 5.92 Å². The zero-order chi connectivity index (χ0) is 13.7. The van der Waals surface area contributed by atoms with Gasteiger partial charge in [0.25, 0.3) is 0 Å². The van der Waals surface area contributed by atoms with E-state index in [1.165, 1.54) is 4.90 Å². The lowest BCUT2D eigenvalue weighted by molar-refractivity contribution is -0.138. The molecule has 1 saturated heterocycles. The smallest absolute Gasteiger partial charge is 0.322 e. The van der Waals surface area contributed by atoms with Crippen LogP contribution in [-0.2, 0) is 9.59 Å². The first-order valence-corrected chi connectivity index (χ1v) is 5.87. The van der Waals surface area contributed by atoms with E-state index in [-0.39, 0.29) is 24.4 Å². The summed E-state index contributed by atoms with van der Waals surface area (Å²) in [5.41, 5.74) is 0. The largest absolute Gasteiger partial charge is 0.480 e. The van der Waals surface area contributed by atoms with Crippen molar-refractivity contribution in [2.75, 3.05) is 33.7 Å². The van der Waals surface area contributed by atoms with Gasteiger partial charge in [0.15, 0.2) is 0 Å². The number of carboxylic acids is 1. The SMILES string of the molecule is CN(C)C(=O)N1CCCC(C(=O)NCC(=O)O)C1. The Morgan fingerprint density at radius 1 is 1.39 bits per heavy atom. The molecule has 1 rings (SSSR count). The molecule has 0 aliphatic carbocycles. The molecule has 7 heteroatoms. The van der Waals surface area contributed by atoms with Crippen molar-refractivity contribution in [1.82, 2.24) is 15.1 Å². The summed E-state index contributed by atoms with van der Waals surface area (Å²) in [7, 11) is 3.33. The van der Waals surface area contributed by atoms with Crippen molar-refractivity contribution in [2.45, 2.75) is 12.8 Å². The average molecular weight is 257 g/mol. The first-order chi connectivity index (χ1) is 8.41. The molecule has 0 radical (unpaired) electrons. The van der Waals surface area contributed by atoms with Gasteiger partial charge in [-0.15, -0.1) is 0 Å². The average Bonchev–Trinajstić information content (AvgIpc) is 2.34. The number of aliphatic carboxylic acids is 1. The van der Waals surface area contributed by atoms with Gasteiger partial charge in [0, 0.05) is 27.2 Å². The van der Waals surface area contributed by atoms with Gasteiger partial charge in [-0.05, 0) is 12.8 Å². The molecule has 102 valence electrons. The second-order valence-corrected chi connectivity index (χ2v) is 4.57. The van der Waals surface area contributed by atoms with Gasteiger partial charge in [-0.1, -0.05) is 0 Å². The van der Waals surface area contributed by atoms with Crippen LogP contribution in [0.1, 0.15) is 12.8 Å². The number of amides is 3. The van der Waals surface area contributed by atoms with Gasteiger partial charge in [-0.3, -0.25) is 9.59 Å². The Kier molecular flexibility index (Phi) is 4.94. The van der Waals surface area contributed by atoms with Gasteiger partial charge >= 0.3 is 12.0 Å². The molecular formula is C11H19N3O4. The van der Waals surface area contributed by atoms with Crippen LogP contribution < -0.4 is 5.32 Å². The van der Waals surface area contributed by atoms with Crippen molar-refractivity contribution in [3.05, 3.63) is 0 Å². The molecular weight excluding hydrogens is 238 g/mol. The normalized spacial score (nSPS) is 19.2. The van der Waals surface area contributed by atoms with Gasteiger partial charge in [0.05, 0.1) is 5.92 Å². The molecule has 1 fully saturated rings. The van der Waals surface area contributed by atoms with E-state index in [0.29, 0.717) is 19.5 Å². The van der Waals surface area contributed by atoms with Crippen LogP contribution in [0.2, 0.25) is 0 Å². The summed E-state index contributed by atoms with van der Waals surface area (Å²) in [4.78, 5) is 36.9. The molecule has 0 spiro atoms. The van der Waals surface area contributed by atoms with Gasteiger partial charge < -0.3 is 20.2 Å². The molecule has 0 bridgehead atoms. The fourth-order valence-electron chi connectivity index (χ4n) is 1.95.